The van der Waals surface area contributed by atoms with E-state index in [1.54, 1.807) is 4.52 Å². The van der Waals surface area contributed by atoms with Crippen molar-refractivity contribution in [2.45, 2.75) is 19.8 Å². The third-order valence-corrected chi connectivity index (χ3v) is 3.04. The van der Waals surface area contributed by atoms with Gasteiger partial charge >= 0.3 is 0 Å². The number of fused-ring (bicyclic) bond motifs is 3. The molecule has 3 aromatic rings. The van der Waals surface area contributed by atoms with E-state index < -0.39 is 0 Å². The van der Waals surface area contributed by atoms with Crippen LogP contribution < -0.4 is 0 Å². The van der Waals surface area contributed by atoms with Crippen molar-refractivity contribution >= 4 is 28.8 Å². The average molecular weight is 244 g/mol. The summed E-state index contributed by atoms with van der Waals surface area (Å²) in [5.74, 6) is 1.26. The number of nitrogens with one attached hydrogen (secondary N) is 1. The van der Waals surface area contributed by atoms with Crippen molar-refractivity contribution < 1.29 is 0 Å². The average Bonchev–Trinajstić information content (AvgIpc) is 2.75. The second-order valence-corrected chi connectivity index (χ2v) is 4.70. The Labute approximate surface area is 103 Å². The molecule has 0 aliphatic heterocycles. The van der Waals surface area contributed by atoms with Gasteiger partial charge in [-0.3, -0.25) is 5.10 Å². The van der Waals surface area contributed by atoms with Crippen LogP contribution in [-0.2, 0) is 0 Å². The minimum Gasteiger partial charge on any atom is -0.277 e. The molecular weight excluding hydrogens is 232 g/mol. The molecule has 0 amide bonds. The minimum atomic E-state index is 0.336. The Balaban J connectivity index is 2.51. The van der Waals surface area contributed by atoms with E-state index in [1.807, 2.05) is 24.3 Å². The Morgan fingerprint density at radius 3 is 2.76 bits per heavy atom. The molecule has 0 aliphatic carbocycles. The first kappa shape index (κ1) is 10.4. The highest BCUT2D eigenvalue weighted by Gasteiger charge is 2.10. The highest BCUT2D eigenvalue weighted by molar-refractivity contribution is 7.71. The first-order chi connectivity index (χ1) is 8.16. The van der Waals surface area contributed by atoms with Gasteiger partial charge in [0.15, 0.2) is 5.65 Å². The third kappa shape index (κ3) is 1.54. The molecule has 2 aromatic heterocycles. The molecule has 0 bridgehead atoms. The van der Waals surface area contributed by atoms with E-state index >= 15 is 0 Å². The molecule has 0 unspecified atom stereocenters. The number of H-pyrrole nitrogens is 1. The monoisotopic (exact) mass is 244 g/mol. The van der Waals surface area contributed by atoms with Gasteiger partial charge in [0.25, 0.3) is 0 Å². The van der Waals surface area contributed by atoms with Gasteiger partial charge in [-0.15, -0.1) is 0 Å². The number of para-hydroxylation sites is 1. The topological polar surface area (TPSA) is 46.0 Å². The van der Waals surface area contributed by atoms with E-state index in [0.717, 1.165) is 22.4 Å². The fraction of sp³-hybridized carbons (Fsp3) is 0.250. The SMILES string of the molecule is CC(C)c1nc2c3ccccc3nc(=S)n2[nH]1. The standard InChI is InChI=1S/C12H12N4S/c1-7(2)10-14-11-8-5-3-4-6-9(8)13-12(17)16(11)15-10/h3-7H,1-2H3,(H,14,15). The van der Waals surface area contributed by atoms with Gasteiger partial charge in [0.05, 0.1) is 5.52 Å². The van der Waals surface area contributed by atoms with Crippen LogP contribution in [-0.4, -0.2) is 19.6 Å². The zero-order chi connectivity index (χ0) is 12.0. The summed E-state index contributed by atoms with van der Waals surface area (Å²) in [6.45, 7) is 4.19. The van der Waals surface area contributed by atoms with Crippen LogP contribution >= 0.6 is 12.2 Å². The minimum absolute atomic E-state index is 0.336. The van der Waals surface area contributed by atoms with Gasteiger partial charge in [0, 0.05) is 11.3 Å². The number of hydrogen-bond donors (Lipinski definition) is 1. The van der Waals surface area contributed by atoms with Gasteiger partial charge in [0.2, 0.25) is 4.77 Å². The van der Waals surface area contributed by atoms with E-state index in [4.69, 9.17) is 12.2 Å². The zero-order valence-electron chi connectivity index (χ0n) is 9.64. The zero-order valence-corrected chi connectivity index (χ0v) is 10.5. The van der Waals surface area contributed by atoms with E-state index in [0.29, 0.717) is 10.7 Å². The van der Waals surface area contributed by atoms with Crippen LogP contribution in [0.3, 0.4) is 0 Å². The first-order valence-electron chi connectivity index (χ1n) is 5.54. The Morgan fingerprint density at radius 1 is 1.24 bits per heavy atom. The molecule has 0 saturated heterocycles. The molecule has 0 radical (unpaired) electrons. The molecule has 5 heteroatoms. The van der Waals surface area contributed by atoms with E-state index in [2.05, 4.69) is 28.9 Å². The number of hydrogen-bond acceptors (Lipinski definition) is 3. The van der Waals surface area contributed by atoms with Crippen molar-refractivity contribution in [2.75, 3.05) is 0 Å². The van der Waals surface area contributed by atoms with Gasteiger partial charge in [-0.25, -0.2) is 14.5 Å². The van der Waals surface area contributed by atoms with E-state index in [-0.39, 0.29) is 0 Å². The van der Waals surface area contributed by atoms with Crippen LogP contribution in [0.4, 0.5) is 0 Å². The van der Waals surface area contributed by atoms with Gasteiger partial charge in [-0.2, -0.15) is 0 Å². The molecular formula is C12H12N4S. The maximum absolute atomic E-state index is 5.26. The van der Waals surface area contributed by atoms with Crippen LogP contribution in [0.5, 0.6) is 0 Å². The van der Waals surface area contributed by atoms with Crippen molar-refractivity contribution in [1.82, 2.24) is 19.6 Å². The molecule has 86 valence electrons. The number of aromatic nitrogens is 4. The molecule has 0 aliphatic rings. The molecule has 4 nitrogen and oxygen atoms in total. The van der Waals surface area contributed by atoms with E-state index in [9.17, 15) is 0 Å². The molecule has 17 heavy (non-hydrogen) atoms. The third-order valence-electron chi connectivity index (χ3n) is 2.76. The van der Waals surface area contributed by atoms with Crippen LogP contribution in [0.15, 0.2) is 24.3 Å². The number of nitrogens with zero attached hydrogens (tertiary/aromatic N) is 3. The summed E-state index contributed by atoms with van der Waals surface area (Å²) < 4.78 is 2.28. The van der Waals surface area contributed by atoms with Gasteiger partial charge < -0.3 is 0 Å². The van der Waals surface area contributed by atoms with E-state index in [1.165, 1.54) is 0 Å². The molecule has 0 fully saturated rings. The number of rotatable bonds is 1. The molecule has 0 atom stereocenters. The summed E-state index contributed by atoms with van der Waals surface area (Å²) in [4.78, 5) is 8.98. The van der Waals surface area contributed by atoms with Gasteiger partial charge in [-0.1, -0.05) is 26.0 Å². The summed E-state index contributed by atoms with van der Waals surface area (Å²) in [6.07, 6.45) is 0. The van der Waals surface area contributed by atoms with Crippen molar-refractivity contribution in [3.63, 3.8) is 0 Å². The number of aromatic amines is 1. The second-order valence-electron chi connectivity index (χ2n) is 4.33. The Hall–Kier alpha value is -1.75. The lowest BCUT2D eigenvalue weighted by Crippen LogP contribution is -1.95. The predicted molar refractivity (Wildman–Crippen MR) is 69.8 cm³/mol. The molecule has 0 saturated carbocycles. The van der Waals surface area contributed by atoms with Crippen LogP contribution in [0.1, 0.15) is 25.6 Å². The Kier molecular flexibility index (Phi) is 2.22. The summed E-state index contributed by atoms with van der Waals surface area (Å²) in [7, 11) is 0. The molecule has 3 rings (SSSR count). The van der Waals surface area contributed by atoms with Crippen molar-refractivity contribution in [3.8, 4) is 0 Å². The lowest BCUT2D eigenvalue weighted by atomic mass is 10.2. The lowest BCUT2D eigenvalue weighted by molar-refractivity contribution is 0.759. The van der Waals surface area contributed by atoms with Crippen molar-refractivity contribution in [3.05, 3.63) is 34.9 Å². The molecule has 0 spiro atoms. The normalized spacial score (nSPS) is 11.7. The Bertz CT molecular complexity index is 754. The maximum atomic E-state index is 5.26. The largest absolute Gasteiger partial charge is 0.277 e. The van der Waals surface area contributed by atoms with Crippen molar-refractivity contribution in [2.24, 2.45) is 0 Å². The van der Waals surface area contributed by atoms with Crippen LogP contribution in [0.2, 0.25) is 0 Å². The highest BCUT2D eigenvalue weighted by Crippen LogP contribution is 2.19. The fourth-order valence-electron chi connectivity index (χ4n) is 1.85. The summed E-state index contributed by atoms with van der Waals surface area (Å²) in [5.41, 5.74) is 1.74. The molecule has 1 aromatic carbocycles. The quantitative estimate of drug-likeness (QED) is 0.669. The van der Waals surface area contributed by atoms with Gasteiger partial charge in [-0.05, 0) is 24.4 Å². The maximum Gasteiger partial charge on any atom is 0.221 e. The molecule has 1 N–H and O–H groups in total. The summed E-state index contributed by atoms with van der Waals surface area (Å²) >= 11 is 5.26. The first-order valence-corrected chi connectivity index (χ1v) is 5.95. The number of benzene rings is 1. The smallest absolute Gasteiger partial charge is 0.221 e. The molecule has 2 heterocycles. The van der Waals surface area contributed by atoms with Gasteiger partial charge in [0.1, 0.15) is 5.82 Å². The fourth-order valence-corrected chi connectivity index (χ4v) is 2.08. The Morgan fingerprint density at radius 2 is 2.00 bits per heavy atom. The predicted octanol–water partition coefficient (Wildman–Crippen LogP) is 3.06. The van der Waals surface area contributed by atoms with Crippen LogP contribution in [0.25, 0.3) is 16.6 Å². The van der Waals surface area contributed by atoms with Crippen LogP contribution in [0, 0.1) is 4.77 Å². The summed E-state index contributed by atoms with van der Waals surface area (Å²) in [5, 5.41) is 4.21. The lowest BCUT2D eigenvalue weighted by Gasteiger charge is -1.98. The summed E-state index contributed by atoms with van der Waals surface area (Å²) in [6, 6.07) is 7.90. The van der Waals surface area contributed by atoms with Crippen molar-refractivity contribution in [1.29, 1.82) is 0 Å². The second kappa shape index (κ2) is 3.63. The highest BCUT2D eigenvalue weighted by atomic mass is 32.1.